The second-order valence-electron chi connectivity index (χ2n) is 4.01. The zero-order chi connectivity index (χ0) is 11.8. The minimum absolute atomic E-state index is 0.408. The molecule has 0 bridgehead atoms. The lowest BCUT2D eigenvalue weighted by Gasteiger charge is -2.21. The van der Waals surface area contributed by atoms with E-state index < -0.39 is 5.91 Å². The Balaban J connectivity index is 2.22. The summed E-state index contributed by atoms with van der Waals surface area (Å²) in [4.78, 5) is 15.3. The Morgan fingerprint density at radius 2 is 2.18 bits per heavy atom. The number of nitrogens with zero attached hydrogens (tertiary/aromatic N) is 1. The number of hydrogen-bond acceptors (Lipinski definition) is 3. The summed E-state index contributed by atoms with van der Waals surface area (Å²) in [6, 6.07) is 7.40. The average molecular weight is 225 g/mol. The molecule has 0 radical (unpaired) electrons. The Hall–Kier alpha value is -2.36. The molecule has 0 saturated carbocycles. The monoisotopic (exact) mass is 225 g/mol. The lowest BCUT2D eigenvalue weighted by atomic mass is 9.95. The van der Waals surface area contributed by atoms with Crippen LogP contribution in [-0.2, 0) is 6.54 Å². The zero-order valence-electron chi connectivity index (χ0n) is 9.10. The third-order valence-corrected chi connectivity index (χ3v) is 2.97. The SMILES string of the molecule is NC(=O)c1ccc2c(c1)-c1ccncc1CN2. The number of rotatable bonds is 1. The van der Waals surface area contributed by atoms with Crippen LogP contribution in [0.15, 0.2) is 36.7 Å². The van der Waals surface area contributed by atoms with Crippen molar-refractivity contribution in [1.82, 2.24) is 4.98 Å². The molecule has 2 aromatic rings. The van der Waals surface area contributed by atoms with Crippen molar-refractivity contribution in [2.75, 3.05) is 5.32 Å². The van der Waals surface area contributed by atoms with Crippen molar-refractivity contribution < 1.29 is 4.79 Å². The highest BCUT2D eigenvalue weighted by molar-refractivity contribution is 5.96. The molecule has 4 nitrogen and oxygen atoms in total. The van der Waals surface area contributed by atoms with Gasteiger partial charge in [-0.05, 0) is 35.4 Å². The number of nitrogens with two attached hydrogens (primary N) is 1. The summed E-state index contributed by atoms with van der Waals surface area (Å²) in [7, 11) is 0. The number of amides is 1. The lowest BCUT2D eigenvalue weighted by Crippen LogP contribution is -2.13. The first kappa shape index (κ1) is 9.84. The molecule has 17 heavy (non-hydrogen) atoms. The Morgan fingerprint density at radius 3 is 3.00 bits per heavy atom. The standard InChI is InChI=1S/C13H11N3O/c14-13(17)8-1-2-12-11(5-8)10-3-4-15-6-9(10)7-16-12/h1-6,16H,7H2,(H2,14,17). The van der Waals surface area contributed by atoms with E-state index in [1.807, 2.05) is 24.4 Å². The van der Waals surface area contributed by atoms with Gasteiger partial charge in [-0.25, -0.2) is 0 Å². The largest absolute Gasteiger partial charge is 0.380 e. The van der Waals surface area contributed by atoms with Gasteiger partial charge in [0.25, 0.3) is 0 Å². The van der Waals surface area contributed by atoms with Crippen molar-refractivity contribution in [1.29, 1.82) is 0 Å². The first-order chi connectivity index (χ1) is 8.25. The number of carbonyl (C=O) groups is 1. The van der Waals surface area contributed by atoms with Gasteiger partial charge in [-0.3, -0.25) is 9.78 Å². The zero-order valence-corrected chi connectivity index (χ0v) is 9.10. The lowest BCUT2D eigenvalue weighted by molar-refractivity contribution is 0.100. The second kappa shape index (κ2) is 3.59. The molecule has 1 aromatic heterocycles. The molecule has 0 fully saturated rings. The van der Waals surface area contributed by atoms with Crippen LogP contribution in [0.25, 0.3) is 11.1 Å². The molecule has 1 aliphatic heterocycles. The number of primary amides is 1. The highest BCUT2D eigenvalue weighted by atomic mass is 16.1. The Kier molecular flexibility index (Phi) is 2.08. The van der Waals surface area contributed by atoms with Crippen molar-refractivity contribution in [2.24, 2.45) is 5.73 Å². The van der Waals surface area contributed by atoms with Gasteiger partial charge in [0.15, 0.2) is 0 Å². The fourth-order valence-corrected chi connectivity index (χ4v) is 2.10. The van der Waals surface area contributed by atoms with Crippen LogP contribution in [-0.4, -0.2) is 10.9 Å². The maximum Gasteiger partial charge on any atom is 0.248 e. The van der Waals surface area contributed by atoms with Crippen LogP contribution in [0.1, 0.15) is 15.9 Å². The van der Waals surface area contributed by atoms with Crippen molar-refractivity contribution in [3.05, 3.63) is 47.8 Å². The minimum Gasteiger partial charge on any atom is -0.380 e. The van der Waals surface area contributed by atoms with Crippen LogP contribution in [0, 0.1) is 0 Å². The van der Waals surface area contributed by atoms with E-state index in [-0.39, 0.29) is 0 Å². The van der Waals surface area contributed by atoms with E-state index in [1.165, 1.54) is 0 Å². The van der Waals surface area contributed by atoms with Gasteiger partial charge in [0.2, 0.25) is 5.91 Å². The van der Waals surface area contributed by atoms with Crippen LogP contribution in [0.3, 0.4) is 0 Å². The van der Waals surface area contributed by atoms with Gasteiger partial charge in [-0.15, -0.1) is 0 Å². The van der Waals surface area contributed by atoms with E-state index in [0.29, 0.717) is 5.56 Å². The van der Waals surface area contributed by atoms with Crippen molar-refractivity contribution in [3.63, 3.8) is 0 Å². The third kappa shape index (κ3) is 1.54. The molecule has 0 atom stereocenters. The normalized spacial score (nSPS) is 12.2. The fourth-order valence-electron chi connectivity index (χ4n) is 2.10. The van der Waals surface area contributed by atoms with Crippen molar-refractivity contribution >= 4 is 11.6 Å². The minimum atomic E-state index is -0.408. The molecule has 84 valence electrons. The average Bonchev–Trinajstić information content (AvgIpc) is 2.38. The molecular weight excluding hydrogens is 214 g/mol. The maximum atomic E-state index is 11.2. The van der Waals surface area contributed by atoms with Gasteiger partial charge in [-0.1, -0.05) is 0 Å². The molecule has 1 amide bonds. The molecule has 0 spiro atoms. The van der Waals surface area contributed by atoms with E-state index in [4.69, 9.17) is 5.73 Å². The van der Waals surface area contributed by atoms with Gasteiger partial charge in [-0.2, -0.15) is 0 Å². The molecule has 0 unspecified atom stereocenters. The highest BCUT2D eigenvalue weighted by Gasteiger charge is 2.16. The van der Waals surface area contributed by atoms with E-state index in [0.717, 1.165) is 28.9 Å². The maximum absolute atomic E-state index is 11.2. The first-order valence-corrected chi connectivity index (χ1v) is 5.37. The van der Waals surface area contributed by atoms with E-state index in [1.54, 1.807) is 12.3 Å². The summed E-state index contributed by atoms with van der Waals surface area (Å²) in [5.74, 6) is -0.408. The summed E-state index contributed by atoms with van der Waals surface area (Å²) in [6.07, 6.45) is 3.59. The van der Waals surface area contributed by atoms with Crippen LogP contribution >= 0.6 is 0 Å². The fraction of sp³-hybridized carbons (Fsp3) is 0.0769. The topological polar surface area (TPSA) is 68.0 Å². The number of fused-ring (bicyclic) bond motifs is 3. The summed E-state index contributed by atoms with van der Waals surface area (Å²) in [5.41, 5.74) is 10.1. The van der Waals surface area contributed by atoms with Crippen LogP contribution in [0.5, 0.6) is 0 Å². The van der Waals surface area contributed by atoms with Crippen molar-refractivity contribution in [2.45, 2.75) is 6.54 Å². The Morgan fingerprint density at radius 1 is 1.29 bits per heavy atom. The van der Waals surface area contributed by atoms with E-state index in [9.17, 15) is 4.79 Å². The number of hydrogen-bond donors (Lipinski definition) is 2. The number of pyridine rings is 1. The van der Waals surface area contributed by atoms with E-state index in [2.05, 4.69) is 10.3 Å². The first-order valence-electron chi connectivity index (χ1n) is 5.37. The Labute approximate surface area is 98.5 Å². The number of carbonyl (C=O) groups excluding carboxylic acids is 1. The molecule has 0 aliphatic carbocycles. The number of anilines is 1. The smallest absolute Gasteiger partial charge is 0.248 e. The van der Waals surface area contributed by atoms with Gasteiger partial charge in [0.1, 0.15) is 0 Å². The van der Waals surface area contributed by atoms with Crippen molar-refractivity contribution in [3.8, 4) is 11.1 Å². The Bertz CT molecular complexity index is 607. The van der Waals surface area contributed by atoms with Crippen LogP contribution in [0.4, 0.5) is 5.69 Å². The molecule has 2 heterocycles. The summed E-state index contributed by atoms with van der Waals surface area (Å²) < 4.78 is 0. The second-order valence-corrected chi connectivity index (χ2v) is 4.01. The summed E-state index contributed by atoms with van der Waals surface area (Å²) in [6.45, 7) is 0.756. The highest BCUT2D eigenvalue weighted by Crippen LogP contribution is 2.35. The molecule has 3 N–H and O–H groups in total. The van der Waals surface area contributed by atoms with E-state index >= 15 is 0 Å². The molecule has 0 saturated heterocycles. The number of nitrogens with one attached hydrogen (secondary N) is 1. The molecular formula is C13H11N3O. The summed E-state index contributed by atoms with van der Waals surface area (Å²) in [5, 5.41) is 3.29. The van der Waals surface area contributed by atoms with Crippen LogP contribution in [0.2, 0.25) is 0 Å². The van der Waals surface area contributed by atoms with Gasteiger partial charge < -0.3 is 11.1 Å². The van der Waals surface area contributed by atoms with Gasteiger partial charge >= 0.3 is 0 Å². The number of benzene rings is 1. The quantitative estimate of drug-likeness (QED) is 0.777. The van der Waals surface area contributed by atoms with Gasteiger partial charge in [0.05, 0.1) is 0 Å². The molecule has 1 aromatic carbocycles. The van der Waals surface area contributed by atoms with Crippen LogP contribution < -0.4 is 11.1 Å². The molecule has 3 rings (SSSR count). The summed E-state index contributed by atoms with van der Waals surface area (Å²) >= 11 is 0. The molecule has 1 aliphatic rings. The molecule has 4 heteroatoms. The predicted octanol–water partition coefficient (Wildman–Crippen LogP) is 1.77. The third-order valence-electron chi connectivity index (χ3n) is 2.97. The van der Waals surface area contributed by atoms with Gasteiger partial charge in [0, 0.05) is 35.8 Å². The number of aromatic nitrogens is 1. The predicted molar refractivity (Wildman–Crippen MR) is 65.5 cm³/mol.